The number of morpholine rings is 1. The van der Waals surface area contributed by atoms with E-state index in [4.69, 9.17) is 9.47 Å². The zero-order valence-corrected chi connectivity index (χ0v) is 17.0. The second-order valence-electron chi connectivity index (χ2n) is 7.21. The lowest BCUT2D eigenvalue weighted by Gasteiger charge is -2.32. The molecule has 0 spiro atoms. The lowest BCUT2D eigenvalue weighted by molar-refractivity contribution is -0.133. The van der Waals surface area contributed by atoms with Crippen LogP contribution in [0.4, 0.5) is 4.39 Å². The van der Waals surface area contributed by atoms with E-state index in [2.05, 4.69) is 4.98 Å². The molecule has 6 heteroatoms. The number of nitrogens with zero attached hydrogens (tertiary/aromatic N) is 2. The van der Waals surface area contributed by atoms with Crippen LogP contribution in [-0.2, 0) is 16.1 Å². The first kappa shape index (κ1) is 20.8. The first-order valence-electron chi connectivity index (χ1n) is 10.1. The summed E-state index contributed by atoms with van der Waals surface area (Å²) in [6.45, 7) is 1.82. The molecule has 0 N–H and O–H groups in total. The molecule has 0 aliphatic carbocycles. The Bertz CT molecular complexity index is 1020. The summed E-state index contributed by atoms with van der Waals surface area (Å²) in [5, 5.41) is 0. The molecule has 1 unspecified atom stereocenters. The van der Waals surface area contributed by atoms with Gasteiger partial charge in [0.1, 0.15) is 24.3 Å². The second-order valence-corrected chi connectivity index (χ2v) is 7.21. The summed E-state index contributed by atoms with van der Waals surface area (Å²) in [6, 6.07) is 19.4. The summed E-state index contributed by atoms with van der Waals surface area (Å²) in [6.07, 6.45) is 4.84. The van der Waals surface area contributed by atoms with Gasteiger partial charge >= 0.3 is 0 Å². The molecule has 0 bridgehead atoms. The van der Waals surface area contributed by atoms with Crippen LogP contribution in [0.2, 0.25) is 0 Å². The predicted molar refractivity (Wildman–Crippen MR) is 116 cm³/mol. The van der Waals surface area contributed by atoms with Crippen LogP contribution in [0.25, 0.3) is 6.08 Å². The maximum atomic E-state index is 13.1. The van der Waals surface area contributed by atoms with Gasteiger partial charge in [0, 0.05) is 18.8 Å². The summed E-state index contributed by atoms with van der Waals surface area (Å²) >= 11 is 0. The van der Waals surface area contributed by atoms with Gasteiger partial charge in [0.05, 0.1) is 18.8 Å². The number of ether oxygens (including phenoxy) is 2. The highest BCUT2D eigenvalue weighted by Gasteiger charge is 2.24. The fourth-order valence-corrected chi connectivity index (χ4v) is 3.32. The minimum Gasteiger partial charge on any atom is -0.487 e. The molecule has 1 aromatic heterocycles. The number of halogens is 1. The van der Waals surface area contributed by atoms with Crippen molar-refractivity contribution in [1.82, 2.24) is 9.88 Å². The minimum absolute atomic E-state index is 0.0779. The second kappa shape index (κ2) is 10.00. The number of hydrogen-bond donors (Lipinski definition) is 0. The van der Waals surface area contributed by atoms with Crippen LogP contribution < -0.4 is 4.74 Å². The van der Waals surface area contributed by atoms with Gasteiger partial charge in [-0.25, -0.2) is 4.39 Å². The number of carbonyl (C=O) groups is 1. The third-order valence-electron chi connectivity index (χ3n) is 5.03. The Labute approximate surface area is 180 Å². The van der Waals surface area contributed by atoms with Crippen molar-refractivity contribution in [2.24, 2.45) is 0 Å². The van der Waals surface area contributed by atoms with E-state index in [9.17, 15) is 9.18 Å². The maximum absolute atomic E-state index is 13.1. The molecule has 4 rings (SSSR count). The van der Waals surface area contributed by atoms with Crippen molar-refractivity contribution < 1.29 is 18.7 Å². The first-order valence-corrected chi connectivity index (χ1v) is 10.1. The molecule has 31 heavy (non-hydrogen) atoms. The van der Waals surface area contributed by atoms with Crippen LogP contribution in [-0.4, -0.2) is 35.5 Å². The Morgan fingerprint density at radius 2 is 1.94 bits per heavy atom. The number of amides is 1. The molecule has 3 aromatic rings. The molecule has 1 aliphatic heterocycles. The van der Waals surface area contributed by atoms with Crippen molar-refractivity contribution in [3.8, 4) is 5.75 Å². The normalized spacial score (nSPS) is 16.4. The van der Waals surface area contributed by atoms with Crippen LogP contribution in [0, 0.1) is 5.82 Å². The van der Waals surface area contributed by atoms with E-state index in [1.165, 1.54) is 12.1 Å². The van der Waals surface area contributed by atoms with Crippen molar-refractivity contribution in [2.75, 3.05) is 19.7 Å². The predicted octanol–water partition coefficient (Wildman–Crippen LogP) is 4.41. The molecule has 1 aliphatic rings. The number of benzene rings is 2. The first-order chi connectivity index (χ1) is 15.2. The van der Waals surface area contributed by atoms with Crippen LogP contribution in [0.15, 0.2) is 79.0 Å². The summed E-state index contributed by atoms with van der Waals surface area (Å²) < 4.78 is 24.6. The lowest BCUT2D eigenvalue weighted by Crippen LogP contribution is -2.41. The summed E-state index contributed by atoms with van der Waals surface area (Å²) in [4.78, 5) is 18.6. The van der Waals surface area contributed by atoms with E-state index in [0.717, 1.165) is 22.6 Å². The highest BCUT2D eigenvalue weighted by atomic mass is 19.1. The number of rotatable bonds is 6. The minimum atomic E-state index is -0.288. The van der Waals surface area contributed by atoms with E-state index in [-0.39, 0.29) is 17.8 Å². The Morgan fingerprint density at radius 3 is 2.68 bits per heavy atom. The number of hydrogen-bond acceptors (Lipinski definition) is 4. The zero-order chi connectivity index (χ0) is 21.5. The smallest absolute Gasteiger partial charge is 0.246 e. The third-order valence-corrected chi connectivity index (χ3v) is 5.03. The largest absolute Gasteiger partial charge is 0.487 e. The fourth-order valence-electron chi connectivity index (χ4n) is 3.32. The van der Waals surface area contributed by atoms with Crippen molar-refractivity contribution in [3.05, 3.63) is 102 Å². The van der Waals surface area contributed by atoms with Gasteiger partial charge in [-0.1, -0.05) is 30.3 Å². The van der Waals surface area contributed by atoms with E-state index in [0.29, 0.717) is 26.3 Å². The lowest BCUT2D eigenvalue weighted by atomic mass is 10.1. The average Bonchev–Trinajstić information content (AvgIpc) is 2.83. The molecule has 2 heterocycles. The standard InChI is InChI=1S/C25H23FN2O3/c26-21-9-7-20(8-10-21)24-17-28(15-16-30-24)25(29)13-6-19-4-11-23(12-5-19)31-18-22-3-1-2-14-27-22/h1-14,24H,15-18H2/b13-6+. The van der Waals surface area contributed by atoms with Crippen molar-refractivity contribution in [3.63, 3.8) is 0 Å². The average molecular weight is 418 g/mol. The highest BCUT2D eigenvalue weighted by molar-refractivity contribution is 5.91. The Morgan fingerprint density at radius 1 is 1.13 bits per heavy atom. The molecule has 5 nitrogen and oxygen atoms in total. The van der Waals surface area contributed by atoms with Crippen LogP contribution in [0.1, 0.15) is 22.9 Å². The zero-order valence-electron chi connectivity index (χ0n) is 17.0. The van der Waals surface area contributed by atoms with Gasteiger partial charge in [-0.15, -0.1) is 0 Å². The van der Waals surface area contributed by atoms with E-state index >= 15 is 0 Å². The van der Waals surface area contributed by atoms with Crippen molar-refractivity contribution in [2.45, 2.75) is 12.7 Å². The Hall–Kier alpha value is -3.51. The molecule has 0 radical (unpaired) electrons. The number of carbonyl (C=O) groups excluding carboxylic acids is 1. The molecule has 158 valence electrons. The SMILES string of the molecule is O=C(/C=C/c1ccc(OCc2ccccn2)cc1)N1CCOC(c2ccc(F)cc2)C1. The molecular formula is C25H23FN2O3. The van der Waals surface area contributed by atoms with Crippen LogP contribution in [0.5, 0.6) is 5.75 Å². The van der Waals surface area contributed by atoms with Gasteiger partial charge in [0.15, 0.2) is 0 Å². The molecule has 1 amide bonds. The fraction of sp³-hybridized carbons (Fsp3) is 0.200. The van der Waals surface area contributed by atoms with Crippen LogP contribution >= 0.6 is 0 Å². The van der Waals surface area contributed by atoms with Gasteiger partial charge in [0.2, 0.25) is 5.91 Å². The van der Waals surface area contributed by atoms with Gasteiger partial charge < -0.3 is 14.4 Å². The van der Waals surface area contributed by atoms with Gasteiger partial charge in [0.25, 0.3) is 0 Å². The van der Waals surface area contributed by atoms with Crippen molar-refractivity contribution in [1.29, 1.82) is 0 Å². The quantitative estimate of drug-likeness (QED) is 0.557. The highest BCUT2D eigenvalue weighted by Crippen LogP contribution is 2.23. The number of aromatic nitrogens is 1. The molecular weight excluding hydrogens is 395 g/mol. The van der Waals surface area contributed by atoms with E-state index < -0.39 is 0 Å². The third kappa shape index (κ3) is 5.77. The number of pyridine rings is 1. The van der Waals surface area contributed by atoms with Gasteiger partial charge in [-0.3, -0.25) is 9.78 Å². The molecule has 1 atom stereocenters. The van der Waals surface area contributed by atoms with E-state index in [1.54, 1.807) is 35.4 Å². The molecule has 1 fully saturated rings. The van der Waals surface area contributed by atoms with Gasteiger partial charge in [-0.05, 0) is 53.6 Å². The topological polar surface area (TPSA) is 51.7 Å². The summed E-state index contributed by atoms with van der Waals surface area (Å²) in [5.41, 5.74) is 2.63. The van der Waals surface area contributed by atoms with Gasteiger partial charge in [-0.2, -0.15) is 0 Å². The Balaban J connectivity index is 1.31. The summed E-state index contributed by atoms with van der Waals surface area (Å²) in [5.74, 6) is 0.374. The molecule has 2 aromatic carbocycles. The summed E-state index contributed by atoms with van der Waals surface area (Å²) in [7, 11) is 0. The molecule has 1 saturated heterocycles. The van der Waals surface area contributed by atoms with E-state index in [1.807, 2.05) is 42.5 Å². The monoisotopic (exact) mass is 418 g/mol. The van der Waals surface area contributed by atoms with Crippen molar-refractivity contribution >= 4 is 12.0 Å². The Kier molecular flexibility index (Phi) is 6.69. The van der Waals surface area contributed by atoms with Crippen LogP contribution in [0.3, 0.4) is 0 Å². The maximum Gasteiger partial charge on any atom is 0.246 e. The molecule has 0 saturated carbocycles.